The Bertz CT molecular complexity index is 1030. The molecule has 0 radical (unpaired) electrons. The molecule has 0 saturated heterocycles. The van der Waals surface area contributed by atoms with Gasteiger partial charge in [0.2, 0.25) is 0 Å². The average molecular weight is 505 g/mol. The van der Waals surface area contributed by atoms with E-state index < -0.39 is 8.32 Å². The van der Waals surface area contributed by atoms with Gasteiger partial charge in [0.05, 0.1) is 19.8 Å². The third kappa shape index (κ3) is 5.60. The molecule has 0 unspecified atom stereocenters. The molecule has 0 aromatic heterocycles. The highest BCUT2D eigenvalue weighted by Gasteiger charge is 2.51. The first kappa shape index (κ1) is 26.6. The SMILES string of the molecule is COc1ccccc1[C@H](CO)OC1CCC(O[Si](c2ccccc2)(c2ccccc2)C(C)(C)C)CC1. The molecular formula is C31H40O4Si. The fourth-order valence-electron chi connectivity index (χ4n) is 5.61. The Kier molecular flexibility index (Phi) is 8.68. The minimum absolute atomic E-state index is 0.0328. The van der Waals surface area contributed by atoms with Crippen LogP contribution >= 0.6 is 0 Å². The van der Waals surface area contributed by atoms with Gasteiger partial charge in [0.1, 0.15) is 11.9 Å². The molecule has 3 aromatic carbocycles. The summed E-state index contributed by atoms with van der Waals surface area (Å²) < 4.78 is 19.2. The first-order chi connectivity index (χ1) is 17.4. The summed E-state index contributed by atoms with van der Waals surface area (Å²) in [5, 5.41) is 12.7. The fraction of sp³-hybridized carbons (Fsp3) is 0.419. The first-order valence-corrected chi connectivity index (χ1v) is 15.0. The van der Waals surface area contributed by atoms with Crippen molar-refractivity contribution in [3.05, 3.63) is 90.5 Å². The number of hydrogen-bond donors (Lipinski definition) is 1. The quantitative estimate of drug-likeness (QED) is 0.384. The Labute approximate surface area is 217 Å². The molecule has 0 aliphatic heterocycles. The van der Waals surface area contributed by atoms with Gasteiger partial charge in [-0.2, -0.15) is 0 Å². The van der Waals surface area contributed by atoms with Crippen LogP contribution in [0, 0.1) is 0 Å². The second kappa shape index (κ2) is 11.7. The summed E-state index contributed by atoms with van der Waals surface area (Å²) in [6, 6.07) is 29.5. The molecule has 1 fully saturated rings. The van der Waals surface area contributed by atoms with Crippen LogP contribution in [0.25, 0.3) is 0 Å². The molecule has 1 aliphatic carbocycles. The maximum Gasteiger partial charge on any atom is 0.261 e. The summed E-state index contributed by atoms with van der Waals surface area (Å²) >= 11 is 0. The lowest BCUT2D eigenvalue weighted by atomic mass is 9.95. The number of para-hydroxylation sites is 1. The van der Waals surface area contributed by atoms with E-state index in [1.54, 1.807) is 7.11 Å². The smallest absolute Gasteiger partial charge is 0.261 e. The lowest BCUT2D eigenvalue weighted by Crippen LogP contribution is -2.67. The zero-order chi connectivity index (χ0) is 25.6. The van der Waals surface area contributed by atoms with Crippen LogP contribution < -0.4 is 15.1 Å². The van der Waals surface area contributed by atoms with E-state index in [-0.39, 0.29) is 30.0 Å². The van der Waals surface area contributed by atoms with Gasteiger partial charge in [-0.15, -0.1) is 0 Å². The minimum Gasteiger partial charge on any atom is -0.496 e. The molecule has 1 aliphatic rings. The van der Waals surface area contributed by atoms with Crippen molar-refractivity contribution >= 4 is 18.7 Å². The van der Waals surface area contributed by atoms with Gasteiger partial charge >= 0.3 is 0 Å². The van der Waals surface area contributed by atoms with E-state index in [9.17, 15) is 5.11 Å². The highest BCUT2D eigenvalue weighted by molar-refractivity contribution is 6.99. The largest absolute Gasteiger partial charge is 0.496 e. The predicted molar refractivity (Wildman–Crippen MR) is 149 cm³/mol. The Hall–Kier alpha value is -2.44. The molecule has 0 heterocycles. The van der Waals surface area contributed by atoms with Crippen molar-refractivity contribution in [3.63, 3.8) is 0 Å². The molecule has 1 atom stereocenters. The summed E-state index contributed by atoms with van der Waals surface area (Å²) in [4.78, 5) is 0. The lowest BCUT2D eigenvalue weighted by Gasteiger charge is -2.46. The summed E-state index contributed by atoms with van der Waals surface area (Å²) in [6.07, 6.45) is 3.59. The fourth-order valence-corrected chi connectivity index (χ4v) is 10.4. The molecule has 192 valence electrons. The summed E-state index contributed by atoms with van der Waals surface area (Å²) in [5.41, 5.74) is 0.896. The number of aliphatic hydroxyl groups is 1. The second-order valence-corrected chi connectivity index (χ2v) is 15.0. The van der Waals surface area contributed by atoms with Crippen molar-refractivity contribution in [2.24, 2.45) is 0 Å². The van der Waals surface area contributed by atoms with Crippen molar-refractivity contribution in [2.45, 2.75) is 69.8 Å². The number of methoxy groups -OCH3 is 1. The highest BCUT2D eigenvalue weighted by atomic mass is 28.4. The van der Waals surface area contributed by atoms with Crippen molar-refractivity contribution in [3.8, 4) is 5.75 Å². The highest BCUT2D eigenvalue weighted by Crippen LogP contribution is 2.40. The minimum atomic E-state index is -2.56. The normalized spacial score (nSPS) is 19.6. The number of hydrogen-bond acceptors (Lipinski definition) is 4. The van der Waals surface area contributed by atoms with Crippen LogP contribution in [0.15, 0.2) is 84.9 Å². The van der Waals surface area contributed by atoms with Crippen molar-refractivity contribution in [2.75, 3.05) is 13.7 Å². The van der Waals surface area contributed by atoms with Crippen LogP contribution in [-0.2, 0) is 9.16 Å². The standard InChI is InChI=1S/C31H40O4Si/c1-31(2,3)36(26-13-7-5-8-14-26,27-15-9-6-10-16-27)35-25-21-19-24(20-22-25)34-30(23-32)28-17-11-12-18-29(28)33-4/h5-18,24-25,30,32H,19-23H2,1-4H3/t24?,25?,30-/m0/s1. The third-order valence-electron chi connectivity index (χ3n) is 7.39. The van der Waals surface area contributed by atoms with Gasteiger partial charge in [-0.05, 0) is 47.2 Å². The summed E-state index contributed by atoms with van der Waals surface area (Å²) in [5.74, 6) is 0.750. The zero-order valence-electron chi connectivity index (χ0n) is 22.0. The van der Waals surface area contributed by atoms with E-state index in [0.717, 1.165) is 37.0 Å². The van der Waals surface area contributed by atoms with E-state index in [2.05, 4.69) is 81.4 Å². The molecule has 3 aromatic rings. The number of aliphatic hydroxyl groups excluding tert-OH is 1. The topological polar surface area (TPSA) is 47.9 Å². The van der Waals surface area contributed by atoms with Crippen LogP contribution in [0.1, 0.15) is 58.1 Å². The molecule has 0 bridgehead atoms. The number of benzene rings is 3. The van der Waals surface area contributed by atoms with Gasteiger partial charge < -0.3 is 19.0 Å². The third-order valence-corrected chi connectivity index (χ3v) is 12.5. The Morgan fingerprint density at radius 2 is 1.28 bits per heavy atom. The Morgan fingerprint density at radius 3 is 1.78 bits per heavy atom. The summed E-state index contributed by atoms with van der Waals surface area (Å²) in [6.45, 7) is 6.91. The monoisotopic (exact) mass is 504 g/mol. The number of rotatable bonds is 9. The van der Waals surface area contributed by atoms with Crippen LogP contribution in [-0.4, -0.2) is 39.3 Å². The van der Waals surface area contributed by atoms with E-state index >= 15 is 0 Å². The molecule has 1 N–H and O–H groups in total. The summed E-state index contributed by atoms with van der Waals surface area (Å²) in [7, 11) is -0.907. The molecule has 4 rings (SSSR count). The van der Waals surface area contributed by atoms with Gasteiger partial charge in [-0.3, -0.25) is 0 Å². The molecule has 4 nitrogen and oxygen atoms in total. The van der Waals surface area contributed by atoms with Crippen LogP contribution in [0.3, 0.4) is 0 Å². The maximum absolute atomic E-state index is 10.1. The van der Waals surface area contributed by atoms with E-state index in [0.29, 0.717) is 0 Å². The lowest BCUT2D eigenvalue weighted by molar-refractivity contribution is -0.0674. The van der Waals surface area contributed by atoms with Gasteiger partial charge in [-0.1, -0.05) is 99.6 Å². The van der Waals surface area contributed by atoms with Crippen LogP contribution in [0.5, 0.6) is 5.75 Å². The van der Waals surface area contributed by atoms with E-state index in [4.69, 9.17) is 13.9 Å². The molecule has 0 amide bonds. The van der Waals surface area contributed by atoms with Gasteiger partial charge in [0.25, 0.3) is 8.32 Å². The predicted octanol–water partition coefficient (Wildman–Crippen LogP) is 5.63. The van der Waals surface area contributed by atoms with E-state index in [1.807, 2.05) is 24.3 Å². The van der Waals surface area contributed by atoms with Crippen LogP contribution in [0.2, 0.25) is 5.04 Å². The van der Waals surface area contributed by atoms with Crippen molar-refractivity contribution < 1.29 is 19.0 Å². The van der Waals surface area contributed by atoms with Gasteiger partial charge in [-0.25, -0.2) is 0 Å². The molecule has 0 spiro atoms. The van der Waals surface area contributed by atoms with Crippen molar-refractivity contribution in [1.29, 1.82) is 0 Å². The molecular weight excluding hydrogens is 464 g/mol. The van der Waals surface area contributed by atoms with Crippen molar-refractivity contribution in [1.82, 2.24) is 0 Å². The zero-order valence-corrected chi connectivity index (χ0v) is 23.0. The Morgan fingerprint density at radius 1 is 0.778 bits per heavy atom. The number of ether oxygens (including phenoxy) is 2. The Balaban J connectivity index is 1.52. The van der Waals surface area contributed by atoms with Crippen LogP contribution in [0.4, 0.5) is 0 Å². The van der Waals surface area contributed by atoms with Gasteiger partial charge in [0.15, 0.2) is 0 Å². The molecule has 1 saturated carbocycles. The molecule has 5 heteroatoms. The maximum atomic E-state index is 10.1. The molecule has 36 heavy (non-hydrogen) atoms. The van der Waals surface area contributed by atoms with Gasteiger partial charge in [0, 0.05) is 11.7 Å². The first-order valence-electron chi connectivity index (χ1n) is 13.1. The average Bonchev–Trinajstić information content (AvgIpc) is 2.91. The van der Waals surface area contributed by atoms with E-state index in [1.165, 1.54) is 10.4 Å². The second-order valence-electron chi connectivity index (χ2n) is 10.7.